The van der Waals surface area contributed by atoms with Crippen LogP contribution in [0.1, 0.15) is 11.7 Å². The van der Waals surface area contributed by atoms with Gasteiger partial charge in [-0.3, -0.25) is 4.79 Å². The molecule has 1 aromatic carbocycles. The van der Waals surface area contributed by atoms with Crippen LogP contribution in [0.5, 0.6) is 0 Å². The first kappa shape index (κ1) is 9.68. The van der Waals surface area contributed by atoms with E-state index in [9.17, 15) is 9.18 Å². The van der Waals surface area contributed by atoms with Crippen LogP contribution in [0, 0.1) is 0 Å². The molecular weight excluding hydrogens is 246 g/mol. The summed E-state index contributed by atoms with van der Waals surface area (Å²) in [6, 6.07) is 4.54. The average molecular weight is 251 g/mol. The highest BCUT2D eigenvalue weighted by atomic mass is 79.9. The lowest BCUT2D eigenvalue weighted by Crippen LogP contribution is -1.91. The minimum atomic E-state index is -1.59. The zero-order chi connectivity index (χ0) is 9.14. The Morgan fingerprint density at radius 1 is 1.58 bits per heavy atom. The molecule has 0 spiro atoms. The summed E-state index contributed by atoms with van der Waals surface area (Å²) in [5.74, 6) is 0. The summed E-state index contributed by atoms with van der Waals surface area (Å²) in [5, 5.41) is 0.400. The molecule has 1 rings (SSSR count). The summed E-state index contributed by atoms with van der Waals surface area (Å²) in [6.45, 7) is 0. The van der Waals surface area contributed by atoms with E-state index in [0.717, 1.165) is 0 Å². The van der Waals surface area contributed by atoms with Gasteiger partial charge in [0.15, 0.2) is 12.5 Å². The van der Waals surface area contributed by atoms with Crippen molar-refractivity contribution in [3.8, 4) is 0 Å². The lowest BCUT2D eigenvalue weighted by molar-refractivity contribution is -0.112. The molecule has 0 fully saturated rings. The number of benzene rings is 1. The predicted octanol–water partition coefficient (Wildman–Crippen LogP) is 3.31. The van der Waals surface area contributed by atoms with Crippen molar-refractivity contribution < 1.29 is 9.18 Å². The van der Waals surface area contributed by atoms with E-state index in [1.807, 2.05) is 0 Å². The van der Waals surface area contributed by atoms with Gasteiger partial charge in [-0.15, -0.1) is 0 Å². The molecule has 0 aliphatic rings. The Hall–Kier alpha value is -0.410. The van der Waals surface area contributed by atoms with Gasteiger partial charge in [0.05, 0.1) is 5.02 Å². The van der Waals surface area contributed by atoms with Gasteiger partial charge in [0.25, 0.3) is 0 Å². The number of carbonyl (C=O) groups is 1. The highest BCUT2D eigenvalue weighted by Gasteiger charge is 2.08. The molecule has 0 aliphatic heterocycles. The molecule has 0 saturated carbocycles. The molecule has 1 nitrogen and oxygen atoms in total. The number of rotatable bonds is 2. The van der Waals surface area contributed by atoms with E-state index in [1.165, 1.54) is 12.1 Å². The second kappa shape index (κ2) is 4.01. The normalized spacial score (nSPS) is 12.6. The largest absolute Gasteiger partial charge is 0.300 e. The smallest absolute Gasteiger partial charge is 0.180 e. The lowest BCUT2D eigenvalue weighted by atomic mass is 10.1. The minimum absolute atomic E-state index is 0.236. The fraction of sp³-hybridized carbons (Fsp3) is 0.125. The third-order valence-electron chi connectivity index (χ3n) is 1.38. The van der Waals surface area contributed by atoms with Crippen LogP contribution in [0.25, 0.3) is 0 Å². The van der Waals surface area contributed by atoms with Gasteiger partial charge < -0.3 is 0 Å². The maximum atomic E-state index is 12.7. The fourth-order valence-corrected chi connectivity index (χ4v) is 1.20. The number of halogens is 3. The Kier molecular flexibility index (Phi) is 3.23. The van der Waals surface area contributed by atoms with Crippen molar-refractivity contribution in [2.45, 2.75) is 6.17 Å². The van der Waals surface area contributed by atoms with Crippen molar-refractivity contribution in [1.82, 2.24) is 0 Å². The van der Waals surface area contributed by atoms with Crippen molar-refractivity contribution in [3.63, 3.8) is 0 Å². The van der Waals surface area contributed by atoms with Crippen LogP contribution >= 0.6 is 27.5 Å². The van der Waals surface area contributed by atoms with Gasteiger partial charge in [-0.2, -0.15) is 0 Å². The predicted molar refractivity (Wildman–Crippen MR) is 49.1 cm³/mol. The standard InChI is InChI=1S/C8H5BrClFO/c9-6-2-1-5(3-7(6)10)8(11)4-12/h1-4,8H. The zero-order valence-electron chi connectivity index (χ0n) is 5.93. The molecule has 0 N–H and O–H groups in total. The van der Waals surface area contributed by atoms with E-state index < -0.39 is 6.17 Å². The molecule has 0 radical (unpaired) electrons. The van der Waals surface area contributed by atoms with E-state index in [2.05, 4.69) is 15.9 Å². The Labute approximate surface area is 82.7 Å². The first-order valence-electron chi connectivity index (χ1n) is 3.19. The monoisotopic (exact) mass is 250 g/mol. The molecule has 0 aromatic heterocycles. The van der Waals surface area contributed by atoms with E-state index in [1.54, 1.807) is 6.07 Å². The van der Waals surface area contributed by atoms with Gasteiger partial charge in [0.1, 0.15) is 0 Å². The first-order chi connectivity index (χ1) is 5.65. The summed E-state index contributed by atoms with van der Waals surface area (Å²) in [6.07, 6.45) is -1.35. The van der Waals surface area contributed by atoms with Gasteiger partial charge in [-0.1, -0.05) is 17.7 Å². The van der Waals surface area contributed by atoms with Gasteiger partial charge >= 0.3 is 0 Å². The van der Waals surface area contributed by atoms with Crippen molar-refractivity contribution in [3.05, 3.63) is 33.3 Å². The van der Waals surface area contributed by atoms with E-state index in [4.69, 9.17) is 11.6 Å². The SMILES string of the molecule is O=CC(F)c1ccc(Br)c(Cl)c1. The van der Waals surface area contributed by atoms with Crippen LogP contribution in [0.4, 0.5) is 4.39 Å². The molecule has 0 heterocycles. The summed E-state index contributed by atoms with van der Waals surface area (Å²) < 4.78 is 13.4. The van der Waals surface area contributed by atoms with Gasteiger partial charge in [0.2, 0.25) is 0 Å². The van der Waals surface area contributed by atoms with Crippen LogP contribution in [0.2, 0.25) is 5.02 Å². The Morgan fingerprint density at radius 3 is 2.75 bits per heavy atom. The molecule has 1 aromatic rings. The molecule has 0 amide bonds. The van der Waals surface area contributed by atoms with E-state index in [-0.39, 0.29) is 11.8 Å². The number of carbonyl (C=O) groups excluding carboxylic acids is 1. The van der Waals surface area contributed by atoms with Crippen LogP contribution in [0.15, 0.2) is 22.7 Å². The molecule has 12 heavy (non-hydrogen) atoms. The highest BCUT2D eigenvalue weighted by Crippen LogP contribution is 2.26. The molecule has 0 saturated heterocycles. The maximum Gasteiger partial charge on any atom is 0.180 e. The topological polar surface area (TPSA) is 17.1 Å². The summed E-state index contributed by atoms with van der Waals surface area (Å²) in [7, 11) is 0. The Morgan fingerprint density at radius 2 is 2.25 bits per heavy atom. The third kappa shape index (κ3) is 2.05. The summed E-state index contributed by atoms with van der Waals surface area (Å²) in [4.78, 5) is 10.1. The van der Waals surface area contributed by atoms with Crippen LogP contribution in [-0.2, 0) is 4.79 Å². The Balaban J connectivity index is 3.04. The molecule has 0 bridgehead atoms. The van der Waals surface area contributed by atoms with Gasteiger partial charge in [-0.25, -0.2) is 4.39 Å². The van der Waals surface area contributed by atoms with Crippen molar-refractivity contribution in [2.75, 3.05) is 0 Å². The van der Waals surface area contributed by atoms with E-state index in [0.29, 0.717) is 9.50 Å². The van der Waals surface area contributed by atoms with Gasteiger partial charge in [0, 0.05) is 4.47 Å². The quantitative estimate of drug-likeness (QED) is 0.737. The fourth-order valence-electron chi connectivity index (χ4n) is 0.762. The summed E-state index contributed by atoms with van der Waals surface area (Å²) in [5.41, 5.74) is 0.276. The van der Waals surface area contributed by atoms with Gasteiger partial charge in [-0.05, 0) is 33.6 Å². The van der Waals surface area contributed by atoms with E-state index >= 15 is 0 Å². The third-order valence-corrected chi connectivity index (χ3v) is 2.61. The summed E-state index contributed by atoms with van der Waals surface area (Å²) >= 11 is 8.84. The lowest BCUT2D eigenvalue weighted by Gasteiger charge is -2.02. The van der Waals surface area contributed by atoms with Crippen LogP contribution in [0.3, 0.4) is 0 Å². The van der Waals surface area contributed by atoms with Crippen molar-refractivity contribution >= 4 is 33.8 Å². The highest BCUT2D eigenvalue weighted by molar-refractivity contribution is 9.10. The second-order valence-corrected chi connectivity index (χ2v) is 3.47. The van der Waals surface area contributed by atoms with Crippen molar-refractivity contribution in [2.24, 2.45) is 0 Å². The molecule has 1 atom stereocenters. The average Bonchev–Trinajstić information content (AvgIpc) is 2.08. The molecule has 64 valence electrons. The van der Waals surface area contributed by atoms with Crippen LogP contribution < -0.4 is 0 Å². The zero-order valence-corrected chi connectivity index (χ0v) is 8.27. The first-order valence-corrected chi connectivity index (χ1v) is 4.36. The van der Waals surface area contributed by atoms with Crippen molar-refractivity contribution in [1.29, 1.82) is 0 Å². The number of alkyl halides is 1. The molecule has 1 unspecified atom stereocenters. The number of hydrogen-bond donors (Lipinski definition) is 0. The number of hydrogen-bond acceptors (Lipinski definition) is 1. The second-order valence-electron chi connectivity index (χ2n) is 2.21. The Bertz CT molecular complexity index is 303. The minimum Gasteiger partial charge on any atom is -0.300 e. The molecular formula is C8H5BrClFO. The van der Waals surface area contributed by atoms with Crippen LogP contribution in [-0.4, -0.2) is 6.29 Å². The molecule has 0 aliphatic carbocycles. The maximum absolute atomic E-state index is 12.7. The number of aldehydes is 1. The molecule has 4 heteroatoms.